The fourth-order valence-corrected chi connectivity index (χ4v) is 6.79. The zero-order chi connectivity index (χ0) is 30.3. The second kappa shape index (κ2) is 11.3. The molecule has 0 aromatic heterocycles. The molecule has 4 nitrogen and oxygen atoms in total. The lowest BCUT2D eigenvalue weighted by Crippen LogP contribution is -2.37. The standard InChI is InChI=1S/C41H34N4/c42-40(43)31-15-7-11-26(22-31)27-12-8-16-32(23-27)41-44-38-21-6-5-20-36(38)39(45-41)30-14-9-13-28(24-30)37-25-29-10-1-2-17-33(29)34-18-3-4-19-35(34)37/h1-25,39-41,44-45H,42-43H2. The molecule has 218 valence electrons. The van der Waals surface area contributed by atoms with Crippen molar-refractivity contribution >= 4 is 27.2 Å². The van der Waals surface area contributed by atoms with Crippen LogP contribution in [-0.2, 0) is 0 Å². The van der Waals surface area contributed by atoms with Crippen molar-refractivity contribution in [2.45, 2.75) is 18.4 Å². The molecule has 6 N–H and O–H groups in total. The molecule has 0 saturated carbocycles. The van der Waals surface area contributed by atoms with Crippen LogP contribution in [0.1, 0.15) is 40.6 Å². The second-order valence-electron chi connectivity index (χ2n) is 11.9. The number of nitrogens with two attached hydrogens (primary N) is 2. The third-order valence-corrected chi connectivity index (χ3v) is 9.03. The van der Waals surface area contributed by atoms with Gasteiger partial charge in [0.05, 0.1) is 12.2 Å². The first kappa shape index (κ1) is 27.3. The van der Waals surface area contributed by atoms with Crippen molar-refractivity contribution in [2.24, 2.45) is 11.5 Å². The Balaban J connectivity index is 1.20. The molecule has 7 aromatic carbocycles. The van der Waals surface area contributed by atoms with E-state index in [0.29, 0.717) is 0 Å². The molecule has 45 heavy (non-hydrogen) atoms. The Morgan fingerprint density at radius 3 is 2.00 bits per heavy atom. The Bertz CT molecular complexity index is 2180. The highest BCUT2D eigenvalue weighted by molar-refractivity contribution is 6.13. The maximum absolute atomic E-state index is 5.98. The van der Waals surface area contributed by atoms with Crippen LogP contribution in [0.5, 0.6) is 0 Å². The van der Waals surface area contributed by atoms with Gasteiger partial charge in [-0.2, -0.15) is 0 Å². The van der Waals surface area contributed by atoms with E-state index in [9.17, 15) is 0 Å². The van der Waals surface area contributed by atoms with Crippen molar-refractivity contribution < 1.29 is 0 Å². The summed E-state index contributed by atoms with van der Waals surface area (Å²) in [6, 6.07) is 54.2. The van der Waals surface area contributed by atoms with Crippen LogP contribution in [0.3, 0.4) is 0 Å². The van der Waals surface area contributed by atoms with Crippen molar-refractivity contribution in [2.75, 3.05) is 5.32 Å². The van der Waals surface area contributed by atoms with Gasteiger partial charge in [-0.1, -0.05) is 121 Å². The van der Waals surface area contributed by atoms with Crippen LogP contribution < -0.4 is 22.1 Å². The van der Waals surface area contributed by atoms with Crippen LogP contribution in [0.2, 0.25) is 0 Å². The van der Waals surface area contributed by atoms with Crippen molar-refractivity contribution in [3.63, 3.8) is 0 Å². The Morgan fingerprint density at radius 1 is 0.511 bits per heavy atom. The van der Waals surface area contributed by atoms with E-state index in [1.54, 1.807) is 0 Å². The molecule has 0 bridgehead atoms. The monoisotopic (exact) mass is 582 g/mol. The van der Waals surface area contributed by atoms with E-state index in [1.165, 1.54) is 43.8 Å². The Kier molecular flexibility index (Phi) is 6.88. The van der Waals surface area contributed by atoms with E-state index >= 15 is 0 Å². The SMILES string of the molecule is NC(N)c1cccc(-c2cccc(C3Nc4ccccc4C(c4cccc(-c5cc6ccccc6c6ccccc56)c4)N3)c2)c1. The number of fused-ring (bicyclic) bond motifs is 4. The van der Waals surface area contributed by atoms with Crippen LogP contribution in [0.4, 0.5) is 5.69 Å². The number of anilines is 1. The van der Waals surface area contributed by atoms with Gasteiger partial charge >= 0.3 is 0 Å². The van der Waals surface area contributed by atoms with Gasteiger partial charge in [0.25, 0.3) is 0 Å². The summed E-state index contributed by atoms with van der Waals surface area (Å²) in [6.07, 6.45) is -0.592. The Labute approximate surface area is 263 Å². The average Bonchev–Trinajstić information content (AvgIpc) is 3.11. The van der Waals surface area contributed by atoms with Crippen molar-refractivity contribution in [1.82, 2.24) is 5.32 Å². The minimum absolute atomic E-state index is 0.00124. The first-order valence-electron chi connectivity index (χ1n) is 15.5. The summed E-state index contributed by atoms with van der Waals surface area (Å²) in [5.41, 5.74) is 22.3. The molecule has 1 aliphatic rings. The predicted octanol–water partition coefficient (Wildman–Crippen LogP) is 9.05. The summed E-state index contributed by atoms with van der Waals surface area (Å²) in [6.45, 7) is 0. The lowest BCUT2D eigenvalue weighted by atomic mass is 9.89. The van der Waals surface area contributed by atoms with E-state index < -0.39 is 6.17 Å². The molecule has 0 spiro atoms. The van der Waals surface area contributed by atoms with E-state index in [4.69, 9.17) is 11.5 Å². The summed E-state index contributed by atoms with van der Waals surface area (Å²) in [4.78, 5) is 0. The molecule has 4 heteroatoms. The largest absolute Gasteiger partial charge is 0.366 e. The maximum atomic E-state index is 5.98. The average molecular weight is 583 g/mol. The molecular weight excluding hydrogens is 548 g/mol. The molecule has 8 rings (SSSR count). The zero-order valence-electron chi connectivity index (χ0n) is 24.8. The minimum atomic E-state index is -0.504. The van der Waals surface area contributed by atoms with Crippen LogP contribution in [0, 0.1) is 0 Å². The Hall–Kier alpha value is -5.26. The molecule has 0 fully saturated rings. The molecule has 0 saturated heterocycles. The van der Waals surface area contributed by atoms with Crippen molar-refractivity contribution in [3.8, 4) is 22.3 Å². The lowest BCUT2D eigenvalue weighted by molar-refractivity contribution is 0.506. The normalized spacial score (nSPS) is 16.1. The van der Waals surface area contributed by atoms with Gasteiger partial charge in [-0.05, 0) is 96.4 Å². The summed E-state index contributed by atoms with van der Waals surface area (Å²) in [7, 11) is 0. The third-order valence-electron chi connectivity index (χ3n) is 9.03. The quantitative estimate of drug-likeness (QED) is 0.121. The summed E-state index contributed by atoms with van der Waals surface area (Å²) >= 11 is 0. The van der Waals surface area contributed by atoms with Gasteiger partial charge in [0.2, 0.25) is 0 Å². The van der Waals surface area contributed by atoms with E-state index in [0.717, 1.165) is 27.9 Å². The summed E-state index contributed by atoms with van der Waals surface area (Å²) < 4.78 is 0. The van der Waals surface area contributed by atoms with Crippen molar-refractivity contribution in [3.05, 3.63) is 174 Å². The van der Waals surface area contributed by atoms with Crippen LogP contribution in [0.25, 0.3) is 43.8 Å². The number of para-hydroxylation sites is 1. The summed E-state index contributed by atoms with van der Waals surface area (Å²) in [5.74, 6) is 0. The molecule has 7 aromatic rings. The van der Waals surface area contributed by atoms with Crippen LogP contribution in [-0.4, -0.2) is 0 Å². The molecule has 0 aliphatic carbocycles. The van der Waals surface area contributed by atoms with Gasteiger partial charge in [-0.25, -0.2) is 0 Å². The van der Waals surface area contributed by atoms with E-state index in [-0.39, 0.29) is 12.2 Å². The van der Waals surface area contributed by atoms with E-state index in [2.05, 4.69) is 150 Å². The molecule has 2 atom stereocenters. The van der Waals surface area contributed by atoms with Crippen molar-refractivity contribution in [1.29, 1.82) is 0 Å². The van der Waals surface area contributed by atoms with Gasteiger partial charge in [0.1, 0.15) is 6.17 Å². The fourth-order valence-electron chi connectivity index (χ4n) is 6.79. The molecule has 1 aliphatic heterocycles. The first-order valence-corrected chi connectivity index (χ1v) is 15.5. The molecule has 2 unspecified atom stereocenters. The zero-order valence-corrected chi connectivity index (χ0v) is 24.8. The van der Waals surface area contributed by atoms with Gasteiger partial charge in [-0.15, -0.1) is 0 Å². The van der Waals surface area contributed by atoms with Crippen LogP contribution in [0.15, 0.2) is 152 Å². The number of benzene rings is 7. The number of hydrogen-bond donors (Lipinski definition) is 4. The van der Waals surface area contributed by atoms with Gasteiger partial charge in [-0.3, -0.25) is 5.32 Å². The number of nitrogens with one attached hydrogen (secondary N) is 2. The topological polar surface area (TPSA) is 76.1 Å². The smallest absolute Gasteiger partial charge is 0.104 e. The third kappa shape index (κ3) is 5.05. The van der Waals surface area contributed by atoms with Gasteiger partial charge in [0, 0.05) is 5.69 Å². The first-order chi connectivity index (χ1) is 22.1. The molecule has 0 radical (unpaired) electrons. The minimum Gasteiger partial charge on any atom is -0.366 e. The molecular formula is C41H34N4. The summed E-state index contributed by atoms with van der Waals surface area (Å²) in [5, 5.41) is 12.8. The highest BCUT2D eigenvalue weighted by atomic mass is 15.2. The van der Waals surface area contributed by atoms with Crippen LogP contribution >= 0.6 is 0 Å². The molecule has 1 heterocycles. The second-order valence-corrected chi connectivity index (χ2v) is 11.9. The van der Waals surface area contributed by atoms with Gasteiger partial charge in [0.15, 0.2) is 0 Å². The fraction of sp³-hybridized carbons (Fsp3) is 0.0732. The Morgan fingerprint density at radius 2 is 1.16 bits per heavy atom. The highest BCUT2D eigenvalue weighted by Crippen LogP contribution is 2.40. The van der Waals surface area contributed by atoms with Gasteiger partial charge < -0.3 is 16.8 Å². The number of rotatable bonds is 5. The maximum Gasteiger partial charge on any atom is 0.104 e. The lowest BCUT2D eigenvalue weighted by Gasteiger charge is -2.35. The number of hydrogen-bond acceptors (Lipinski definition) is 4. The van der Waals surface area contributed by atoms with E-state index in [1.807, 2.05) is 12.1 Å². The predicted molar refractivity (Wildman–Crippen MR) is 188 cm³/mol. The molecule has 0 amide bonds. The highest BCUT2D eigenvalue weighted by Gasteiger charge is 2.28.